The number of fused-ring (bicyclic) bond motifs is 1. The first-order chi connectivity index (χ1) is 9.59. The summed E-state index contributed by atoms with van der Waals surface area (Å²) in [6, 6.07) is 11.2. The topological polar surface area (TPSA) is 30.5 Å². The van der Waals surface area contributed by atoms with Crippen molar-refractivity contribution in [3.63, 3.8) is 0 Å². The molecular formula is C16H21NO2Se. The van der Waals surface area contributed by atoms with E-state index < -0.39 is 5.79 Å². The predicted octanol–water partition coefficient (Wildman–Crippen LogP) is 1.48. The third kappa shape index (κ3) is 2.85. The zero-order valence-electron chi connectivity index (χ0n) is 11.9. The molecule has 0 spiro atoms. The zero-order chi connectivity index (χ0) is 14.2. The molecule has 0 bridgehead atoms. The second-order valence-corrected chi connectivity index (χ2v) is 8.02. The Bertz CT molecular complexity index is 477. The Kier molecular flexibility index (Phi) is 4.02. The molecular weight excluding hydrogens is 317 g/mol. The van der Waals surface area contributed by atoms with Crippen LogP contribution in [-0.2, 0) is 9.47 Å². The van der Waals surface area contributed by atoms with Crippen LogP contribution in [0.2, 0.25) is 5.32 Å². The van der Waals surface area contributed by atoms with E-state index in [1.807, 2.05) is 19.9 Å². The van der Waals surface area contributed by atoms with Crippen LogP contribution < -0.4 is 9.78 Å². The second kappa shape index (κ2) is 5.63. The average Bonchev–Trinajstić information content (AvgIpc) is 2.91. The van der Waals surface area contributed by atoms with Gasteiger partial charge in [0.2, 0.25) is 0 Å². The molecule has 1 aromatic carbocycles. The van der Waals surface area contributed by atoms with Gasteiger partial charge in [0, 0.05) is 0 Å². The minimum absolute atomic E-state index is 0.0964. The van der Waals surface area contributed by atoms with Gasteiger partial charge < -0.3 is 0 Å². The average molecular weight is 338 g/mol. The van der Waals surface area contributed by atoms with Crippen molar-refractivity contribution in [2.24, 2.45) is 0 Å². The van der Waals surface area contributed by atoms with E-state index in [1.54, 1.807) is 0 Å². The van der Waals surface area contributed by atoms with Gasteiger partial charge in [-0.1, -0.05) is 0 Å². The maximum absolute atomic E-state index is 6.08. The van der Waals surface area contributed by atoms with Gasteiger partial charge in [-0.25, -0.2) is 0 Å². The van der Waals surface area contributed by atoms with Gasteiger partial charge in [-0.15, -0.1) is 0 Å². The van der Waals surface area contributed by atoms with Crippen molar-refractivity contribution < 1.29 is 9.47 Å². The molecule has 0 radical (unpaired) electrons. The molecule has 4 heteroatoms. The fourth-order valence-electron chi connectivity index (χ4n) is 2.89. The van der Waals surface area contributed by atoms with Gasteiger partial charge in [0.15, 0.2) is 0 Å². The molecule has 20 heavy (non-hydrogen) atoms. The van der Waals surface area contributed by atoms with E-state index in [0.717, 1.165) is 5.32 Å². The normalized spacial score (nSPS) is 34.9. The minimum atomic E-state index is -0.476. The van der Waals surface area contributed by atoms with Gasteiger partial charge in [0.25, 0.3) is 0 Å². The van der Waals surface area contributed by atoms with Crippen LogP contribution in [0.1, 0.15) is 13.8 Å². The number of rotatable bonds is 4. The molecule has 0 saturated carbocycles. The molecule has 2 fully saturated rings. The molecule has 3 rings (SSSR count). The molecule has 0 unspecified atom stereocenters. The predicted molar refractivity (Wildman–Crippen MR) is 81.4 cm³/mol. The summed E-state index contributed by atoms with van der Waals surface area (Å²) in [4.78, 5) is 0. The summed E-state index contributed by atoms with van der Waals surface area (Å²) in [7, 11) is 0. The standard InChI is InChI=1S/C16H21NO2Se/c1-4-12-14-15(19-16(2,3)18-14)13(17-12)10-20-11-8-6-5-7-9-11/h4-9,12-15,17H,1,10H2,2-3H3/t12-,13-,14-,15+/m0/s1. The molecule has 2 aliphatic heterocycles. The van der Waals surface area contributed by atoms with E-state index in [-0.39, 0.29) is 18.2 Å². The summed E-state index contributed by atoms with van der Waals surface area (Å²) >= 11 is 0.454. The van der Waals surface area contributed by atoms with Crippen molar-refractivity contribution in [3.05, 3.63) is 43.0 Å². The van der Waals surface area contributed by atoms with E-state index in [1.165, 1.54) is 4.46 Å². The van der Waals surface area contributed by atoms with Crippen LogP contribution in [-0.4, -0.2) is 45.0 Å². The number of hydrogen-bond acceptors (Lipinski definition) is 3. The van der Waals surface area contributed by atoms with Gasteiger partial charge in [0.05, 0.1) is 0 Å². The van der Waals surface area contributed by atoms with Gasteiger partial charge in [-0.05, 0) is 0 Å². The number of ether oxygens (including phenoxy) is 2. The summed E-state index contributed by atoms with van der Waals surface area (Å²) in [5.41, 5.74) is 0. The quantitative estimate of drug-likeness (QED) is 0.666. The molecule has 0 aliphatic carbocycles. The Morgan fingerprint density at radius 1 is 1.25 bits per heavy atom. The SMILES string of the molecule is C=C[C@@H]1N[C@@H](C[Se]c2ccccc2)[C@H]2OC(C)(C)O[C@H]21. The van der Waals surface area contributed by atoms with Gasteiger partial charge in [-0.3, -0.25) is 0 Å². The van der Waals surface area contributed by atoms with Crippen LogP contribution in [0.5, 0.6) is 0 Å². The molecule has 2 aliphatic rings. The zero-order valence-corrected chi connectivity index (χ0v) is 13.6. The molecule has 1 N–H and O–H groups in total. The molecule has 108 valence electrons. The van der Waals surface area contributed by atoms with Crippen LogP contribution in [0.4, 0.5) is 0 Å². The monoisotopic (exact) mass is 339 g/mol. The van der Waals surface area contributed by atoms with Crippen LogP contribution in [0.15, 0.2) is 43.0 Å². The Morgan fingerprint density at radius 3 is 2.65 bits per heavy atom. The molecule has 2 heterocycles. The second-order valence-electron chi connectivity index (χ2n) is 5.72. The molecule has 1 aromatic rings. The Balaban J connectivity index is 1.66. The fourth-order valence-corrected chi connectivity index (χ4v) is 5.00. The summed E-state index contributed by atoms with van der Waals surface area (Å²) in [5.74, 6) is -0.476. The first-order valence-corrected chi connectivity index (χ1v) is 9.08. The Morgan fingerprint density at radius 2 is 1.95 bits per heavy atom. The van der Waals surface area contributed by atoms with Crippen LogP contribution in [0, 0.1) is 0 Å². The maximum atomic E-state index is 6.08. The van der Waals surface area contributed by atoms with E-state index in [2.05, 4.69) is 42.2 Å². The van der Waals surface area contributed by atoms with Crippen molar-refractivity contribution in [2.45, 2.75) is 49.2 Å². The Labute approximate surface area is 126 Å². The first kappa shape index (κ1) is 14.3. The van der Waals surface area contributed by atoms with E-state index in [9.17, 15) is 0 Å². The van der Waals surface area contributed by atoms with Crippen molar-refractivity contribution >= 4 is 19.4 Å². The van der Waals surface area contributed by atoms with Crippen LogP contribution >= 0.6 is 0 Å². The number of hydrogen-bond donors (Lipinski definition) is 1. The molecule has 4 atom stereocenters. The molecule has 0 amide bonds. The molecule has 0 aromatic heterocycles. The van der Waals surface area contributed by atoms with Crippen molar-refractivity contribution in [3.8, 4) is 0 Å². The summed E-state index contributed by atoms with van der Waals surface area (Å²) < 4.78 is 13.5. The third-order valence-corrected chi connectivity index (χ3v) is 6.12. The number of nitrogens with one attached hydrogen (secondary N) is 1. The summed E-state index contributed by atoms with van der Waals surface area (Å²) in [6.45, 7) is 7.89. The first-order valence-electron chi connectivity index (χ1n) is 7.01. The third-order valence-electron chi connectivity index (χ3n) is 3.75. The van der Waals surface area contributed by atoms with Crippen LogP contribution in [0.25, 0.3) is 0 Å². The molecule has 2 saturated heterocycles. The van der Waals surface area contributed by atoms with Crippen molar-refractivity contribution in [1.29, 1.82) is 0 Å². The van der Waals surface area contributed by atoms with Gasteiger partial charge in [0.1, 0.15) is 0 Å². The molecule has 3 nitrogen and oxygen atoms in total. The van der Waals surface area contributed by atoms with Crippen LogP contribution in [0.3, 0.4) is 0 Å². The van der Waals surface area contributed by atoms with Gasteiger partial charge in [-0.2, -0.15) is 0 Å². The van der Waals surface area contributed by atoms with Crippen molar-refractivity contribution in [2.75, 3.05) is 0 Å². The van der Waals surface area contributed by atoms with E-state index >= 15 is 0 Å². The van der Waals surface area contributed by atoms with E-state index in [0.29, 0.717) is 21.0 Å². The summed E-state index contributed by atoms with van der Waals surface area (Å²) in [5, 5.41) is 4.71. The fraction of sp³-hybridized carbons (Fsp3) is 0.500. The summed E-state index contributed by atoms with van der Waals surface area (Å²) in [6.07, 6.45) is 2.18. The van der Waals surface area contributed by atoms with E-state index in [4.69, 9.17) is 9.47 Å². The van der Waals surface area contributed by atoms with Crippen molar-refractivity contribution in [1.82, 2.24) is 5.32 Å². The van der Waals surface area contributed by atoms with Gasteiger partial charge >= 0.3 is 126 Å². The Hall–Kier alpha value is -0.641. The number of benzene rings is 1.